The number of nitrogens with two attached hydrogens (primary N) is 1. The fraction of sp³-hybridized carbons (Fsp3) is 0.0455. The Morgan fingerprint density at radius 3 is 2.45 bits per heavy atom. The number of primary amides is 1. The van der Waals surface area contributed by atoms with Crippen molar-refractivity contribution in [3.8, 4) is 17.3 Å². The van der Waals surface area contributed by atoms with E-state index in [0.717, 1.165) is 0 Å². The zero-order chi connectivity index (χ0) is 22.0. The van der Waals surface area contributed by atoms with E-state index in [1.54, 1.807) is 35.2 Å². The quantitative estimate of drug-likeness (QED) is 0.501. The van der Waals surface area contributed by atoms with Gasteiger partial charge >= 0.3 is 0 Å². The van der Waals surface area contributed by atoms with Crippen molar-refractivity contribution in [1.82, 2.24) is 14.3 Å². The fourth-order valence-corrected chi connectivity index (χ4v) is 3.15. The molecule has 0 atom stereocenters. The number of carbonyl (C=O) groups excluding carboxylic acids is 2. The van der Waals surface area contributed by atoms with Gasteiger partial charge in [-0.3, -0.25) is 9.59 Å². The number of ether oxygens (including phenoxy) is 1. The first-order valence-corrected chi connectivity index (χ1v) is 9.24. The number of hydrogen-bond donors (Lipinski definition) is 2. The van der Waals surface area contributed by atoms with Gasteiger partial charge in [0.25, 0.3) is 5.91 Å². The summed E-state index contributed by atoms with van der Waals surface area (Å²) >= 11 is 0. The predicted molar refractivity (Wildman–Crippen MR) is 112 cm³/mol. The molecular formula is C22H18FN5O3. The van der Waals surface area contributed by atoms with Gasteiger partial charge in [-0.05, 0) is 54.6 Å². The second kappa shape index (κ2) is 8.15. The minimum Gasteiger partial charge on any atom is -0.495 e. The molecular weight excluding hydrogens is 401 g/mol. The van der Waals surface area contributed by atoms with E-state index < -0.39 is 11.8 Å². The van der Waals surface area contributed by atoms with E-state index in [9.17, 15) is 14.0 Å². The van der Waals surface area contributed by atoms with E-state index in [0.29, 0.717) is 17.3 Å². The molecule has 0 bridgehead atoms. The highest BCUT2D eigenvalue weighted by Gasteiger charge is 2.21. The largest absolute Gasteiger partial charge is 0.495 e. The van der Waals surface area contributed by atoms with Crippen LogP contribution in [0.2, 0.25) is 0 Å². The van der Waals surface area contributed by atoms with Crippen molar-refractivity contribution in [2.45, 2.75) is 0 Å². The number of aromatic nitrogens is 3. The SMILES string of the molecule is COc1ccc(C(N)=O)cc1NC(=O)c1cnn(-c2ccc(F)cc2)c1-n1cccc1. The number of benzene rings is 2. The molecule has 0 aliphatic rings. The van der Waals surface area contributed by atoms with Gasteiger partial charge in [0.2, 0.25) is 5.91 Å². The summed E-state index contributed by atoms with van der Waals surface area (Å²) in [7, 11) is 1.45. The first kappa shape index (κ1) is 19.9. The zero-order valence-electron chi connectivity index (χ0n) is 16.4. The van der Waals surface area contributed by atoms with Gasteiger partial charge in [-0.2, -0.15) is 5.10 Å². The number of halogens is 1. The molecule has 0 aliphatic heterocycles. The molecule has 0 fully saturated rings. The third-order valence-electron chi connectivity index (χ3n) is 4.64. The summed E-state index contributed by atoms with van der Waals surface area (Å²) in [6, 6.07) is 13.9. The van der Waals surface area contributed by atoms with E-state index >= 15 is 0 Å². The maximum atomic E-state index is 13.4. The number of anilines is 1. The van der Waals surface area contributed by atoms with Crippen molar-refractivity contribution in [2.75, 3.05) is 12.4 Å². The molecule has 0 aliphatic carbocycles. The topological polar surface area (TPSA) is 104 Å². The number of rotatable bonds is 6. The number of hydrogen-bond acceptors (Lipinski definition) is 4. The molecule has 2 aromatic carbocycles. The Bertz CT molecular complexity index is 1250. The molecule has 2 amide bonds. The van der Waals surface area contributed by atoms with Gasteiger partial charge < -0.3 is 20.4 Å². The van der Waals surface area contributed by atoms with Crippen molar-refractivity contribution < 1.29 is 18.7 Å². The molecule has 0 radical (unpaired) electrons. The Balaban J connectivity index is 1.77. The Kier molecular flexibility index (Phi) is 5.23. The van der Waals surface area contributed by atoms with Crippen molar-refractivity contribution in [3.05, 3.63) is 90.1 Å². The van der Waals surface area contributed by atoms with Crippen molar-refractivity contribution >= 4 is 17.5 Å². The minimum atomic E-state index is -0.629. The lowest BCUT2D eigenvalue weighted by atomic mass is 10.1. The van der Waals surface area contributed by atoms with Gasteiger partial charge in [-0.15, -0.1) is 0 Å². The molecule has 4 aromatic rings. The summed E-state index contributed by atoms with van der Waals surface area (Å²) in [5.74, 6) is -0.656. The first-order valence-electron chi connectivity index (χ1n) is 9.24. The van der Waals surface area contributed by atoms with Crippen molar-refractivity contribution in [2.24, 2.45) is 5.73 Å². The number of nitrogens with one attached hydrogen (secondary N) is 1. The van der Waals surface area contributed by atoms with Crippen LogP contribution in [0.1, 0.15) is 20.7 Å². The monoisotopic (exact) mass is 419 g/mol. The Morgan fingerprint density at radius 2 is 1.81 bits per heavy atom. The van der Waals surface area contributed by atoms with E-state index in [1.165, 1.54) is 42.3 Å². The maximum absolute atomic E-state index is 13.4. The molecule has 4 rings (SSSR count). The first-order chi connectivity index (χ1) is 15.0. The lowest BCUT2D eigenvalue weighted by Crippen LogP contribution is -2.17. The summed E-state index contributed by atoms with van der Waals surface area (Å²) < 4.78 is 21.9. The van der Waals surface area contributed by atoms with Crippen LogP contribution in [0.5, 0.6) is 5.75 Å². The van der Waals surface area contributed by atoms with E-state index in [4.69, 9.17) is 10.5 Å². The summed E-state index contributed by atoms with van der Waals surface area (Å²) in [5.41, 5.74) is 6.70. The van der Waals surface area contributed by atoms with Gasteiger partial charge in [-0.1, -0.05) is 0 Å². The average Bonchev–Trinajstić information content (AvgIpc) is 3.44. The minimum absolute atomic E-state index is 0.226. The standard InChI is InChI=1S/C22H18FN5O3/c1-31-19-9-4-14(20(24)29)12-18(19)26-21(30)17-13-25-28(16-7-5-15(23)6-8-16)22(17)27-10-2-3-11-27/h2-13H,1H3,(H2,24,29)(H,26,30). The predicted octanol–water partition coefficient (Wildman–Crippen LogP) is 3.16. The van der Waals surface area contributed by atoms with Gasteiger partial charge in [0, 0.05) is 18.0 Å². The summed E-state index contributed by atoms with van der Waals surface area (Å²) in [6.07, 6.45) is 4.95. The number of methoxy groups -OCH3 is 1. The normalized spacial score (nSPS) is 10.6. The summed E-state index contributed by atoms with van der Waals surface area (Å²) in [6.45, 7) is 0. The van der Waals surface area contributed by atoms with Gasteiger partial charge in [0.05, 0.1) is 24.7 Å². The lowest BCUT2D eigenvalue weighted by molar-refractivity contribution is 0.0996. The molecule has 0 saturated heterocycles. The number of carbonyl (C=O) groups is 2. The number of nitrogens with zero attached hydrogens (tertiary/aromatic N) is 3. The van der Waals surface area contributed by atoms with Crippen LogP contribution in [0.25, 0.3) is 11.5 Å². The maximum Gasteiger partial charge on any atom is 0.261 e. The average molecular weight is 419 g/mol. The molecule has 8 nitrogen and oxygen atoms in total. The summed E-state index contributed by atoms with van der Waals surface area (Å²) in [5, 5.41) is 7.08. The second-order valence-electron chi connectivity index (χ2n) is 6.59. The van der Waals surface area contributed by atoms with Crippen LogP contribution in [-0.2, 0) is 0 Å². The van der Waals surface area contributed by atoms with Crippen molar-refractivity contribution in [1.29, 1.82) is 0 Å². The van der Waals surface area contributed by atoms with Crippen LogP contribution in [0.15, 0.2) is 73.2 Å². The van der Waals surface area contributed by atoms with Crippen molar-refractivity contribution in [3.63, 3.8) is 0 Å². The van der Waals surface area contributed by atoms with Gasteiger partial charge in [0.15, 0.2) is 5.82 Å². The molecule has 31 heavy (non-hydrogen) atoms. The summed E-state index contributed by atoms with van der Waals surface area (Å²) in [4.78, 5) is 24.7. The van der Waals surface area contributed by atoms with Crippen LogP contribution < -0.4 is 15.8 Å². The molecule has 9 heteroatoms. The Hall–Kier alpha value is -4.40. The van der Waals surface area contributed by atoms with Crippen LogP contribution in [0.4, 0.5) is 10.1 Å². The van der Waals surface area contributed by atoms with Gasteiger partial charge in [-0.25, -0.2) is 9.07 Å². The highest BCUT2D eigenvalue weighted by atomic mass is 19.1. The Labute approximate surface area is 176 Å². The second-order valence-corrected chi connectivity index (χ2v) is 6.59. The van der Waals surface area contributed by atoms with Crippen LogP contribution >= 0.6 is 0 Å². The fourth-order valence-electron chi connectivity index (χ4n) is 3.15. The van der Waals surface area contributed by atoms with E-state index in [2.05, 4.69) is 10.4 Å². The zero-order valence-corrected chi connectivity index (χ0v) is 16.4. The van der Waals surface area contributed by atoms with Crippen LogP contribution in [0.3, 0.4) is 0 Å². The third kappa shape index (κ3) is 3.88. The third-order valence-corrected chi connectivity index (χ3v) is 4.64. The van der Waals surface area contributed by atoms with E-state index in [1.807, 2.05) is 12.1 Å². The van der Waals surface area contributed by atoms with Crippen LogP contribution in [0, 0.1) is 5.82 Å². The molecule has 0 spiro atoms. The smallest absolute Gasteiger partial charge is 0.261 e. The van der Waals surface area contributed by atoms with Crippen LogP contribution in [-0.4, -0.2) is 33.3 Å². The molecule has 0 unspecified atom stereocenters. The molecule has 3 N–H and O–H groups in total. The molecule has 2 heterocycles. The highest BCUT2D eigenvalue weighted by Crippen LogP contribution is 2.27. The van der Waals surface area contributed by atoms with Gasteiger partial charge in [0.1, 0.15) is 17.1 Å². The molecule has 0 saturated carbocycles. The number of amides is 2. The van der Waals surface area contributed by atoms with E-state index in [-0.39, 0.29) is 22.6 Å². The molecule has 156 valence electrons. The lowest BCUT2D eigenvalue weighted by Gasteiger charge is -2.13. The highest BCUT2D eigenvalue weighted by molar-refractivity contribution is 6.07. The molecule has 2 aromatic heterocycles. The Morgan fingerprint density at radius 1 is 1.10 bits per heavy atom.